The number of fused-ring (bicyclic) bond motifs is 1. The molecular formula is C17H18ClN3O2. The molecule has 0 unspecified atom stereocenters. The van der Waals surface area contributed by atoms with Crippen LogP contribution in [0.4, 0.5) is 0 Å². The molecule has 120 valence electrons. The summed E-state index contributed by atoms with van der Waals surface area (Å²) < 4.78 is 7.51. The zero-order chi connectivity index (χ0) is 16.1. The lowest BCUT2D eigenvalue weighted by molar-refractivity contribution is 0.200. The number of aliphatic hydroxyl groups excluding tert-OH is 1. The van der Waals surface area contributed by atoms with Crippen molar-refractivity contribution in [3.05, 3.63) is 65.1 Å². The summed E-state index contributed by atoms with van der Waals surface area (Å²) >= 11 is 6.22. The number of para-hydroxylation sites is 1. The van der Waals surface area contributed by atoms with Gasteiger partial charge in [-0.1, -0.05) is 35.9 Å². The predicted molar refractivity (Wildman–Crippen MR) is 89.8 cm³/mol. The number of aromatic nitrogens is 2. The lowest BCUT2D eigenvalue weighted by Gasteiger charge is -2.11. The Labute approximate surface area is 139 Å². The first-order valence-corrected chi connectivity index (χ1v) is 7.81. The Kier molecular flexibility index (Phi) is 5.12. The molecule has 0 radical (unpaired) electrons. The van der Waals surface area contributed by atoms with Crippen molar-refractivity contribution in [1.29, 1.82) is 0 Å². The number of halogens is 1. The van der Waals surface area contributed by atoms with Crippen molar-refractivity contribution in [2.75, 3.05) is 13.2 Å². The van der Waals surface area contributed by atoms with E-state index < -0.39 is 0 Å². The number of hydrogen-bond acceptors (Lipinski definition) is 4. The highest BCUT2D eigenvalue weighted by Gasteiger charge is 2.10. The Morgan fingerprint density at radius 1 is 1.13 bits per heavy atom. The normalized spacial score (nSPS) is 11.0. The molecule has 0 aliphatic rings. The van der Waals surface area contributed by atoms with Crippen LogP contribution >= 0.6 is 11.6 Å². The largest absolute Gasteiger partial charge is 0.491 e. The number of hydrogen-bond donors (Lipinski definition) is 2. The standard InChI is InChI=1S/C17H18ClN3O2/c18-17-14(21-8-4-3-7-16(21)20-17)12-19-11-13-5-1-2-6-15(13)23-10-9-22/h1-8,19,22H,9-12H2. The summed E-state index contributed by atoms with van der Waals surface area (Å²) in [6, 6.07) is 13.6. The molecule has 0 saturated heterocycles. The third-order valence-corrected chi connectivity index (χ3v) is 3.81. The number of pyridine rings is 1. The molecule has 2 aromatic heterocycles. The third-order valence-electron chi connectivity index (χ3n) is 3.51. The highest BCUT2D eigenvalue weighted by molar-refractivity contribution is 6.30. The first kappa shape index (κ1) is 15.8. The van der Waals surface area contributed by atoms with E-state index in [9.17, 15) is 0 Å². The summed E-state index contributed by atoms with van der Waals surface area (Å²) in [6.45, 7) is 1.52. The van der Waals surface area contributed by atoms with Gasteiger partial charge in [0.2, 0.25) is 0 Å². The topological polar surface area (TPSA) is 58.8 Å². The molecule has 0 bridgehead atoms. The molecule has 0 aliphatic carbocycles. The van der Waals surface area contributed by atoms with E-state index in [-0.39, 0.29) is 13.2 Å². The monoisotopic (exact) mass is 331 g/mol. The Morgan fingerprint density at radius 3 is 2.83 bits per heavy atom. The second kappa shape index (κ2) is 7.46. The number of nitrogens with zero attached hydrogens (tertiary/aromatic N) is 2. The van der Waals surface area contributed by atoms with Crippen molar-refractivity contribution in [3.8, 4) is 5.75 Å². The average Bonchev–Trinajstić information content (AvgIpc) is 2.90. The predicted octanol–water partition coefficient (Wildman–Crippen LogP) is 2.65. The number of nitrogens with one attached hydrogen (secondary N) is 1. The highest BCUT2D eigenvalue weighted by Crippen LogP contribution is 2.19. The summed E-state index contributed by atoms with van der Waals surface area (Å²) in [5, 5.41) is 12.8. The van der Waals surface area contributed by atoms with Gasteiger partial charge in [0, 0.05) is 24.8 Å². The van der Waals surface area contributed by atoms with Crippen molar-refractivity contribution in [2.45, 2.75) is 13.1 Å². The van der Waals surface area contributed by atoms with Crippen LogP contribution < -0.4 is 10.1 Å². The summed E-state index contributed by atoms with van der Waals surface area (Å²) in [4.78, 5) is 4.33. The zero-order valence-electron chi connectivity index (χ0n) is 12.6. The van der Waals surface area contributed by atoms with Gasteiger partial charge in [-0.05, 0) is 18.2 Å². The molecule has 3 rings (SSSR count). The molecule has 23 heavy (non-hydrogen) atoms. The minimum atomic E-state index is -0.000809. The zero-order valence-corrected chi connectivity index (χ0v) is 13.3. The quantitative estimate of drug-likeness (QED) is 0.699. The minimum absolute atomic E-state index is 0.000809. The molecule has 3 aromatic rings. The lowest BCUT2D eigenvalue weighted by atomic mass is 10.2. The Balaban J connectivity index is 1.68. The summed E-state index contributed by atoms with van der Waals surface area (Å²) in [5.74, 6) is 0.776. The van der Waals surface area contributed by atoms with Gasteiger partial charge in [0.05, 0.1) is 12.3 Å². The fraction of sp³-hybridized carbons (Fsp3) is 0.235. The van der Waals surface area contributed by atoms with E-state index in [0.717, 1.165) is 22.7 Å². The number of aliphatic hydroxyl groups is 1. The average molecular weight is 332 g/mol. The SMILES string of the molecule is OCCOc1ccccc1CNCc1c(Cl)nc2ccccn12. The van der Waals surface area contributed by atoms with Crippen LogP contribution in [0.5, 0.6) is 5.75 Å². The number of rotatable bonds is 7. The smallest absolute Gasteiger partial charge is 0.152 e. The maximum Gasteiger partial charge on any atom is 0.152 e. The second-order valence-corrected chi connectivity index (χ2v) is 5.42. The minimum Gasteiger partial charge on any atom is -0.491 e. The van der Waals surface area contributed by atoms with Crippen LogP contribution in [-0.2, 0) is 13.1 Å². The van der Waals surface area contributed by atoms with Gasteiger partial charge in [-0.2, -0.15) is 0 Å². The fourth-order valence-corrected chi connectivity index (χ4v) is 2.68. The summed E-state index contributed by atoms with van der Waals surface area (Å²) in [6.07, 6.45) is 1.95. The van der Waals surface area contributed by atoms with E-state index in [1.54, 1.807) is 0 Å². The fourth-order valence-electron chi connectivity index (χ4n) is 2.44. The van der Waals surface area contributed by atoms with Crippen molar-refractivity contribution >= 4 is 17.2 Å². The van der Waals surface area contributed by atoms with Crippen LogP contribution in [0, 0.1) is 0 Å². The molecule has 0 atom stereocenters. The molecule has 1 aromatic carbocycles. The van der Waals surface area contributed by atoms with Gasteiger partial charge < -0.3 is 19.6 Å². The van der Waals surface area contributed by atoms with E-state index in [1.165, 1.54) is 0 Å². The van der Waals surface area contributed by atoms with E-state index >= 15 is 0 Å². The first-order chi connectivity index (χ1) is 11.3. The number of ether oxygens (including phenoxy) is 1. The number of imidazole rings is 1. The van der Waals surface area contributed by atoms with Crippen molar-refractivity contribution < 1.29 is 9.84 Å². The molecule has 5 nitrogen and oxygen atoms in total. The molecule has 0 spiro atoms. The van der Waals surface area contributed by atoms with E-state index in [1.807, 2.05) is 53.1 Å². The van der Waals surface area contributed by atoms with Gasteiger partial charge >= 0.3 is 0 Å². The molecule has 0 saturated carbocycles. The van der Waals surface area contributed by atoms with Gasteiger partial charge in [0.25, 0.3) is 0 Å². The van der Waals surface area contributed by atoms with E-state index in [2.05, 4.69) is 10.3 Å². The maximum absolute atomic E-state index is 8.89. The van der Waals surface area contributed by atoms with E-state index in [0.29, 0.717) is 18.2 Å². The Morgan fingerprint density at radius 2 is 1.96 bits per heavy atom. The molecule has 2 heterocycles. The molecule has 6 heteroatoms. The van der Waals surface area contributed by atoms with Crippen LogP contribution in [0.25, 0.3) is 5.65 Å². The number of benzene rings is 1. The summed E-state index contributed by atoms with van der Waals surface area (Å²) in [5.41, 5.74) is 2.79. The van der Waals surface area contributed by atoms with Crippen LogP contribution in [0.2, 0.25) is 5.15 Å². The van der Waals surface area contributed by atoms with Gasteiger partial charge in [-0.3, -0.25) is 0 Å². The van der Waals surface area contributed by atoms with Gasteiger partial charge in [-0.25, -0.2) is 4.98 Å². The summed E-state index contributed by atoms with van der Waals surface area (Å²) in [7, 11) is 0. The van der Waals surface area contributed by atoms with Gasteiger partial charge in [0.1, 0.15) is 18.0 Å². The maximum atomic E-state index is 8.89. The molecule has 0 aliphatic heterocycles. The van der Waals surface area contributed by atoms with E-state index in [4.69, 9.17) is 21.4 Å². The molecule has 0 fully saturated rings. The third kappa shape index (κ3) is 3.64. The Bertz CT molecular complexity index is 788. The van der Waals surface area contributed by atoms with Crippen LogP contribution in [-0.4, -0.2) is 27.7 Å². The van der Waals surface area contributed by atoms with Crippen molar-refractivity contribution in [2.24, 2.45) is 0 Å². The molecule has 2 N–H and O–H groups in total. The molecule has 0 amide bonds. The first-order valence-electron chi connectivity index (χ1n) is 7.43. The molecular weight excluding hydrogens is 314 g/mol. The van der Waals surface area contributed by atoms with Gasteiger partial charge in [-0.15, -0.1) is 0 Å². The Hall–Kier alpha value is -2.08. The van der Waals surface area contributed by atoms with Crippen LogP contribution in [0.15, 0.2) is 48.7 Å². The van der Waals surface area contributed by atoms with Crippen LogP contribution in [0.3, 0.4) is 0 Å². The van der Waals surface area contributed by atoms with Crippen LogP contribution in [0.1, 0.15) is 11.3 Å². The second-order valence-electron chi connectivity index (χ2n) is 5.06. The van der Waals surface area contributed by atoms with Crippen molar-refractivity contribution in [1.82, 2.24) is 14.7 Å². The highest BCUT2D eigenvalue weighted by atomic mass is 35.5. The lowest BCUT2D eigenvalue weighted by Crippen LogP contribution is -2.15. The van der Waals surface area contributed by atoms with Gasteiger partial charge in [0.15, 0.2) is 5.15 Å². The van der Waals surface area contributed by atoms with Crippen molar-refractivity contribution in [3.63, 3.8) is 0 Å².